The quantitative estimate of drug-likeness (QED) is 0.678. The number of fused-ring (bicyclic) bond motifs is 2. The molecule has 1 aliphatic heterocycles. The molecule has 0 radical (unpaired) electrons. The minimum Gasteiger partial charge on any atom is -0.381 e. The largest absolute Gasteiger partial charge is 0.381 e. The molecular weight excluding hydrogens is 184 g/mol. The second-order valence-electron chi connectivity index (χ2n) is 4.91. The average Bonchev–Trinajstić information content (AvgIpc) is 2.68. The van der Waals surface area contributed by atoms with Crippen molar-refractivity contribution in [1.82, 2.24) is 0 Å². The number of aryl methyl sites for hydroxylation is 1. The maximum absolute atomic E-state index is 6.36. The van der Waals surface area contributed by atoms with Crippen molar-refractivity contribution in [3.8, 4) is 0 Å². The predicted octanol–water partition coefficient (Wildman–Crippen LogP) is 2.59. The van der Waals surface area contributed by atoms with Gasteiger partial charge in [-0.25, -0.2) is 0 Å². The summed E-state index contributed by atoms with van der Waals surface area (Å²) in [7, 11) is 0. The fraction of sp³-hybridized carbons (Fsp3) is 0.538. The van der Waals surface area contributed by atoms with Gasteiger partial charge in [0, 0.05) is 17.8 Å². The molecule has 0 aromatic heterocycles. The van der Waals surface area contributed by atoms with Gasteiger partial charge in [0.1, 0.15) is 0 Å². The molecule has 3 atom stereocenters. The van der Waals surface area contributed by atoms with Crippen molar-refractivity contribution < 1.29 is 0 Å². The van der Waals surface area contributed by atoms with Gasteiger partial charge >= 0.3 is 0 Å². The number of anilines is 1. The maximum Gasteiger partial charge on any atom is 0.0420 e. The van der Waals surface area contributed by atoms with Crippen LogP contribution in [-0.2, 0) is 0 Å². The van der Waals surface area contributed by atoms with Crippen LogP contribution in [0, 0.1) is 12.8 Å². The SMILES string of the molecule is Cc1cccc2c1NC1CCCC1C2N. The third-order valence-electron chi connectivity index (χ3n) is 4.02. The van der Waals surface area contributed by atoms with E-state index in [2.05, 4.69) is 30.4 Å². The fourth-order valence-electron chi connectivity index (χ4n) is 3.18. The topological polar surface area (TPSA) is 38.0 Å². The number of benzene rings is 1. The zero-order chi connectivity index (χ0) is 10.4. The van der Waals surface area contributed by atoms with Crippen molar-refractivity contribution in [2.45, 2.75) is 38.3 Å². The molecule has 1 aromatic rings. The summed E-state index contributed by atoms with van der Waals surface area (Å²) in [4.78, 5) is 0. The Morgan fingerprint density at radius 1 is 1.33 bits per heavy atom. The standard InChI is InChI=1S/C13H18N2/c1-8-4-2-6-10-12(14)9-5-3-7-11(9)15-13(8)10/h2,4,6,9,11-12,15H,3,5,7,14H2,1H3. The molecule has 1 aliphatic carbocycles. The molecule has 0 saturated heterocycles. The van der Waals surface area contributed by atoms with Crippen LogP contribution < -0.4 is 11.1 Å². The Labute approximate surface area is 90.9 Å². The van der Waals surface area contributed by atoms with Crippen LogP contribution >= 0.6 is 0 Å². The summed E-state index contributed by atoms with van der Waals surface area (Å²) < 4.78 is 0. The van der Waals surface area contributed by atoms with E-state index in [-0.39, 0.29) is 6.04 Å². The second kappa shape index (κ2) is 3.24. The summed E-state index contributed by atoms with van der Waals surface area (Å²) in [6, 6.07) is 7.31. The van der Waals surface area contributed by atoms with E-state index in [9.17, 15) is 0 Å². The van der Waals surface area contributed by atoms with Gasteiger partial charge in [0.2, 0.25) is 0 Å². The molecule has 1 saturated carbocycles. The third-order valence-corrected chi connectivity index (χ3v) is 4.02. The van der Waals surface area contributed by atoms with Crippen LogP contribution in [0.2, 0.25) is 0 Å². The van der Waals surface area contributed by atoms with Gasteiger partial charge in [-0.2, -0.15) is 0 Å². The number of nitrogens with two attached hydrogens (primary N) is 1. The van der Waals surface area contributed by atoms with E-state index in [0.717, 1.165) is 0 Å². The van der Waals surface area contributed by atoms with Crippen molar-refractivity contribution >= 4 is 5.69 Å². The number of para-hydroxylation sites is 1. The van der Waals surface area contributed by atoms with Crippen LogP contribution in [0.3, 0.4) is 0 Å². The van der Waals surface area contributed by atoms with Gasteiger partial charge in [-0.1, -0.05) is 24.6 Å². The Kier molecular flexibility index (Phi) is 1.99. The molecule has 0 bridgehead atoms. The summed E-state index contributed by atoms with van der Waals surface area (Å²) in [5, 5.41) is 3.68. The van der Waals surface area contributed by atoms with Crippen LogP contribution in [0.4, 0.5) is 5.69 Å². The normalized spacial score (nSPS) is 33.1. The van der Waals surface area contributed by atoms with Crippen molar-refractivity contribution in [2.24, 2.45) is 11.7 Å². The van der Waals surface area contributed by atoms with Crippen molar-refractivity contribution in [1.29, 1.82) is 0 Å². The highest BCUT2D eigenvalue weighted by molar-refractivity contribution is 5.61. The summed E-state index contributed by atoms with van der Waals surface area (Å²) in [5.74, 6) is 0.652. The summed E-state index contributed by atoms with van der Waals surface area (Å²) >= 11 is 0. The van der Waals surface area contributed by atoms with E-state index in [1.807, 2.05) is 0 Å². The summed E-state index contributed by atoms with van der Waals surface area (Å²) in [6.07, 6.45) is 3.89. The molecule has 1 heterocycles. The fourth-order valence-corrected chi connectivity index (χ4v) is 3.18. The molecule has 80 valence electrons. The highest BCUT2D eigenvalue weighted by atomic mass is 15.0. The number of hydrogen-bond donors (Lipinski definition) is 2. The zero-order valence-corrected chi connectivity index (χ0v) is 9.16. The molecule has 3 rings (SSSR count). The molecule has 0 amide bonds. The van der Waals surface area contributed by atoms with Gasteiger partial charge in [-0.3, -0.25) is 0 Å². The van der Waals surface area contributed by atoms with E-state index in [1.165, 1.54) is 36.1 Å². The van der Waals surface area contributed by atoms with E-state index in [4.69, 9.17) is 5.73 Å². The van der Waals surface area contributed by atoms with Crippen molar-refractivity contribution in [2.75, 3.05) is 5.32 Å². The highest BCUT2D eigenvalue weighted by Gasteiger charge is 2.37. The minimum absolute atomic E-state index is 0.244. The lowest BCUT2D eigenvalue weighted by atomic mass is 9.84. The maximum atomic E-state index is 6.36. The third kappa shape index (κ3) is 1.28. The lowest BCUT2D eigenvalue weighted by Crippen LogP contribution is -2.38. The molecule has 1 aromatic carbocycles. The van der Waals surface area contributed by atoms with Crippen LogP contribution in [0.1, 0.15) is 36.4 Å². The van der Waals surface area contributed by atoms with Gasteiger partial charge in [-0.05, 0) is 36.8 Å². The molecule has 15 heavy (non-hydrogen) atoms. The molecule has 3 unspecified atom stereocenters. The lowest BCUT2D eigenvalue weighted by molar-refractivity contribution is 0.401. The van der Waals surface area contributed by atoms with E-state index >= 15 is 0 Å². The highest BCUT2D eigenvalue weighted by Crippen LogP contribution is 2.43. The average molecular weight is 202 g/mol. The molecule has 2 nitrogen and oxygen atoms in total. The lowest BCUT2D eigenvalue weighted by Gasteiger charge is -2.35. The Hall–Kier alpha value is -1.02. The van der Waals surface area contributed by atoms with Gasteiger partial charge < -0.3 is 11.1 Å². The van der Waals surface area contributed by atoms with Crippen LogP contribution in [0.25, 0.3) is 0 Å². The van der Waals surface area contributed by atoms with Crippen molar-refractivity contribution in [3.63, 3.8) is 0 Å². The zero-order valence-electron chi connectivity index (χ0n) is 9.16. The van der Waals surface area contributed by atoms with E-state index in [1.54, 1.807) is 0 Å². The van der Waals surface area contributed by atoms with Crippen molar-refractivity contribution in [3.05, 3.63) is 29.3 Å². The minimum atomic E-state index is 0.244. The van der Waals surface area contributed by atoms with Crippen LogP contribution in [-0.4, -0.2) is 6.04 Å². The van der Waals surface area contributed by atoms with Gasteiger partial charge in [0.05, 0.1) is 0 Å². The van der Waals surface area contributed by atoms with Gasteiger partial charge in [-0.15, -0.1) is 0 Å². The number of hydrogen-bond acceptors (Lipinski definition) is 2. The summed E-state index contributed by atoms with van der Waals surface area (Å²) in [5.41, 5.74) is 10.3. The van der Waals surface area contributed by atoms with E-state index in [0.29, 0.717) is 12.0 Å². The summed E-state index contributed by atoms with van der Waals surface area (Å²) in [6.45, 7) is 2.16. The number of nitrogens with one attached hydrogen (secondary N) is 1. The Morgan fingerprint density at radius 2 is 2.20 bits per heavy atom. The van der Waals surface area contributed by atoms with Gasteiger partial charge in [0.25, 0.3) is 0 Å². The first-order valence-corrected chi connectivity index (χ1v) is 5.89. The Bertz CT molecular complexity index is 386. The molecule has 1 fully saturated rings. The first-order valence-electron chi connectivity index (χ1n) is 5.89. The Morgan fingerprint density at radius 3 is 3.07 bits per heavy atom. The number of rotatable bonds is 0. The van der Waals surface area contributed by atoms with Gasteiger partial charge in [0.15, 0.2) is 0 Å². The van der Waals surface area contributed by atoms with Crippen LogP contribution in [0.5, 0.6) is 0 Å². The smallest absolute Gasteiger partial charge is 0.0420 e. The monoisotopic (exact) mass is 202 g/mol. The molecule has 3 N–H and O–H groups in total. The molecule has 2 aliphatic rings. The first kappa shape index (κ1) is 9.22. The molecular formula is C13H18N2. The van der Waals surface area contributed by atoms with E-state index < -0.39 is 0 Å². The predicted molar refractivity (Wildman–Crippen MR) is 62.9 cm³/mol. The Balaban J connectivity index is 2.08. The molecule has 0 spiro atoms. The molecule has 2 heteroatoms. The first-order chi connectivity index (χ1) is 7.27. The van der Waals surface area contributed by atoms with Crippen LogP contribution in [0.15, 0.2) is 18.2 Å². The second-order valence-corrected chi connectivity index (χ2v) is 4.91.